The summed E-state index contributed by atoms with van der Waals surface area (Å²) in [6.07, 6.45) is 3.38. The van der Waals surface area contributed by atoms with E-state index in [-0.39, 0.29) is 12.5 Å². The molecule has 0 aromatic carbocycles. The van der Waals surface area contributed by atoms with Crippen molar-refractivity contribution < 1.29 is 19.4 Å². The van der Waals surface area contributed by atoms with Crippen molar-refractivity contribution in [3.05, 3.63) is 12.7 Å². The van der Waals surface area contributed by atoms with Gasteiger partial charge in [0.15, 0.2) is 0 Å². The molecule has 1 rings (SSSR count). The van der Waals surface area contributed by atoms with Crippen molar-refractivity contribution in [2.45, 2.75) is 32.2 Å². The highest BCUT2D eigenvalue weighted by Crippen LogP contribution is 2.29. The number of carboxylic acid groups (broad SMARTS) is 1. The number of hydrogen-bond acceptors (Lipinski definition) is 3. The minimum atomic E-state index is -0.948. The highest BCUT2D eigenvalue weighted by atomic mass is 16.6. The van der Waals surface area contributed by atoms with Crippen molar-refractivity contribution in [1.29, 1.82) is 0 Å². The van der Waals surface area contributed by atoms with Gasteiger partial charge in [0.25, 0.3) is 0 Å². The zero-order valence-corrected chi connectivity index (χ0v) is 10.1. The molecule has 1 amide bonds. The lowest BCUT2D eigenvalue weighted by Gasteiger charge is -2.23. The lowest BCUT2D eigenvalue weighted by molar-refractivity contribution is -0.143. The molecule has 17 heavy (non-hydrogen) atoms. The van der Waals surface area contributed by atoms with Gasteiger partial charge < -0.3 is 9.84 Å². The Kier molecular flexibility index (Phi) is 5.00. The number of carbonyl (C=O) groups is 2. The first-order valence-electron chi connectivity index (χ1n) is 5.88. The van der Waals surface area contributed by atoms with Crippen molar-refractivity contribution in [3.8, 4) is 0 Å². The van der Waals surface area contributed by atoms with E-state index in [4.69, 9.17) is 4.74 Å². The first-order valence-corrected chi connectivity index (χ1v) is 5.88. The molecule has 5 heteroatoms. The fourth-order valence-corrected chi connectivity index (χ4v) is 2.28. The van der Waals surface area contributed by atoms with E-state index in [0.717, 1.165) is 19.3 Å². The van der Waals surface area contributed by atoms with Crippen LogP contribution in [0.1, 0.15) is 26.2 Å². The van der Waals surface area contributed by atoms with Crippen LogP contribution in [0.4, 0.5) is 4.79 Å². The zero-order chi connectivity index (χ0) is 12.8. The molecule has 0 bridgehead atoms. The molecular formula is C12H19NO4. The fourth-order valence-electron chi connectivity index (χ4n) is 2.28. The lowest BCUT2D eigenvalue weighted by atomic mass is 9.95. The summed E-state index contributed by atoms with van der Waals surface area (Å²) in [4.78, 5) is 24.2. The van der Waals surface area contributed by atoms with E-state index in [0.29, 0.717) is 6.54 Å². The normalized spacial score (nSPS) is 23.5. The standard InChI is InChI=1S/C12H19NO4/c1-3-5-9-6-7-13(10(9)11(14)15)12(16)17-8-4-2/h4,9-10H,2-3,5-8H2,1H3,(H,14,15). The van der Waals surface area contributed by atoms with E-state index in [2.05, 4.69) is 6.58 Å². The van der Waals surface area contributed by atoms with Gasteiger partial charge in [-0.1, -0.05) is 26.0 Å². The molecule has 0 saturated carbocycles. The second-order valence-electron chi connectivity index (χ2n) is 4.18. The Bertz CT molecular complexity index is 303. The third-order valence-electron chi connectivity index (χ3n) is 2.99. The van der Waals surface area contributed by atoms with Crippen LogP contribution in [0.15, 0.2) is 12.7 Å². The third kappa shape index (κ3) is 3.22. The molecule has 0 aromatic rings. The number of rotatable bonds is 5. The molecule has 2 atom stereocenters. The maximum absolute atomic E-state index is 11.7. The molecule has 1 aliphatic heterocycles. The quantitative estimate of drug-likeness (QED) is 0.746. The van der Waals surface area contributed by atoms with Crippen molar-refractivity contribution in [2.24, 2.45) is 5.92 Å². The van der Waals surface area contributed by atoms with Crippen LogP contribution in [0.5, 0.6) is 0 Å². The molecule has 0 aliphatic carbocycles. The Labute approximate surface area is 101 Å². The molecular weight excluding hydrogens is 222 g/mol. The van der Waals surface area contributed by atoms with Crippen LogP contribution in [0.3, 0.4) is 0 Å². The number of nitrogens with zero attached hydrogens (tertiary/aromatic N) is 1. The number of amides is 1. The monoisotopic (exact) mass is 241 g/mol. The number of likely N-dealkylation sites (tertiary alicyclic amines) is 1. The van der Waals surface area contributed by atoms with Gasteiger partial charge >= 0.3 is 12.1 Å². The van der Waals surface area contributed by atoms with Crippen LogP contribution in [0.2, 0.25) is 0 Å². The fraction of sp³-hybridized carbons (Fsp3) is 0.667. The average Bonchev–Trinajstić information content (AvgIpc) is 2.70. The smallest absolute Gasteiger partial charge is 0.410 e. The van der Waals surface area contributed by atoms with E-state index in [9.17, 15) is 14.7 Å². The Hall–Kier alpha value is -1.52. The van der Waals surface area contributed by atoms with E-state index in [1.54, 1.807) is 0 Å². The number of hydrogen-bond donors (Lipinski definition) is 1. The summed E-state index contributed by atoms with van der Waals surface area (Å²) in [5.41, 5.74) is 0. The lowest BCUT2D eigenvalue weighted by Crippen LogP contribution is -2.43. The first kappa shape index (κ1) is 13.5. The minimum Gasteiger partial charge on any atom is -0.480 e. The summed E-state index contributed by atoms with van der Waals surface area (Å²) in [7, 11) is 0. The van der Waals surface area contributed by atoms with Gasteiger partial charge in [-0.3, -0.25) is 4.90 Å². The van der Waals surface area contributed by atoms with Crippen LogP contribution in [-0.2, 0) is 9.53 Å². The van der Waals surface area contributed by atoms with Crippen molar-refractivity contribution in [3.63, 3.8) is 0 Å². The largest absolute Gasteiger partial charge is 0.480 e. The number of aliphatic carboxylic acids is 1. The van der Waals surface area contributed by atoms with E-state index in [1.165, 1.54) is 11.0 Å². The molecule has 1 N–H and O–H groups in total. The summed E-state index contributed by atoms with van der Waals surface area (Å²) in [5, 5.41) is 9.19. The molecule has 96 valence electrons. The highest BCUT2D eigenvalue weighted by molar-refractivity contribution is 5.81. The van der Waals surface area contributed by atoms with E-state index < -0.39 is 18.1 Å². The van der Waals surface area contributed by atoms with Crippen molar-refractivity contribution in [1.82, 2.24) is 4.90 Å². The van der Waals surface area contributed by atoms with Gasteiger partial charge in [0.1, 0.15) is 12.6 Å². The van der Waals surface area contributed by atoms with E-state index in [1.807, 2.05) is 6.92 Å². The molecule has 1 heterocycles. The topological polar surface area (TPSA) is 66.8 Å². The van der Waals surface area contributed by atoms with Gasteiger partial charge in [0.2, 0.25) is 0 Å². The summed E-state index contributed by atoms with van der Waals surface area (Å²) in [6.45, 7) is 6.02. The van der Waals surface area contributed by atoms with Crippen LogP contribution >= 0.6 is 0 Å². The number of ether oxygens (including phenoxy) is 1. The Balaban J connectivity index is 2.68. The highest BCUT2D eigenvalue weighted by Gasteiger charge is 2.41. The predicted molar refractivity (Wildman–Crippen MR) is 62.7 cm³/mol. The number of carboxylic acids is 1. The molecule has 1 aliphatic rings. The van der Waals surface area contributed by atoms with Gasteiger partial charge in [-0.15, -0.1) is 0 Å². The average molecular weight is 241 g/mol. The van der Waals surface area contributed by atoms with Crippen molar-refractivity contribution in [2.75, 3.05) is 13.2 Å². The van der Waals surface area contributed by atoms with Gasteiger partial charge in [-0.25, -0.2) is 9.59 Å². The first-order chi connectivity index (χ1) is 8.11. The Morgan fingerprint density at radius 3 is 2.82 bits per heavy atom. The summed E-state index contributed by atoms with van der Waals surface area (Å²) < 4.78 is 4.89. The molecule has 1 fully saturated rings. The molecule has 0 radical (unpaired) electrons. The second kappa shape index (κ2) is 6.27. The second-order valence-corrected chi connectivity index (χ2v) is 4.18. The summed E-state index contributed by atoms with van der Waals surface area (Å²) in [6, 6.07) is -0.743. The van der Waals surface area contributed by atoms with Gasteiger partial charge in [0, 0.05) is 6.54 Å². The van der Waals surface area contributed by atoms with Crippen LogP contribution in [-0.4, -0.2) is 41.3 Å². The van der Waals surface area contributed by atoms with Crippen LogP contribution in [0.25, 0.3) is 0 Å². The molecule has 2 unspecified atom stereocenters. The van der Waals surface area contributed by atoms with Crippen LogP contribution < -0.4 is 0 Å². The predicted octanol–water partition coefficient (Wildman–Crippen LogP) is 1.88. The third-order valence-corrected chi connectivity index (χ3v) is 2.99. The summed E-state index contributed by atoms with van der Waals surface area (Å²) >= 11 is 0. The number of carbonyl (C=O) groups excluding carboxylic acids is 1. The maximum Gasteiger partial charge on any atom is 0.410 e. The van der Waals surface area contributed by atoms with Gasteiger partial charge in [0.05, 0.1) is 0 Å². The minimum absolute atomic E-state index is 0.0359. The van der Waals surface area contributed by atoms with Crippen molar-refractivity contribution >= 4 is 12.1 Å². The maximum atomic E-state index is 11.7. The zero-order valence-electron chi connectivity index (χ0n) is 10.1. The van der Waals surface area contributed by atoms with Crippen LogP contribution in [0, 0.1) is 5.92 Å². The van der Waals surface area contributed by atoms with Gasteiger partial charge in [-0.05, 0) is 18.8 Å². The SMILES string of the molecule is C=CCOC(=O)N1CCC(CCC)C1C(=O)O. The molecule has 1 saturated heterocycles. The molecule has 0 aromatic heterocycles. The van der Waals surface area contributed by atoms with E-state index >= 15 is 0 Å². The Morgan fingerprint density at radius 2 is 2.29 bits per heavy atom. The Morgan fingerprint density at radius 1 is 1.59 bits per heavy atom. The molecule has 0 spiro atoms. The summed E-state index contributed by atoms with van der Waals surface area (Å²) in [5.74, 6) is -0.912. The van der Waals surface area contributed by atoms with Gasteiger partial charge in [-0.2, -0.15) is 0 Å². The molecule has 5 nitrogen and oxygen atoms in total.